The number of hydrogen-bond donors (Lipinski definition) is 3. The predicted octanol–water partition coefficient (Wildman–Crippen LogP) is 0.563. The number of hydrogen-bond acceptors (Lipinski definition) is 3. The molecule has 0 aromatic carbocycles. The fourth-order valence-corrected chi connectivity index (χ4v) is 1.41. The Hall–Kier alpha value is 0.270. The Labute approximate surface area is 61.9 Å². The summed E-state index contributed by atoms with van der Waals surface area (Å²) in [6.45, 7) is 2.31. The van der Waals surface area contributed by atoms with E-state index in [4.69, 9.17) is 0 Å². The van der Waals surface area contributed by atoms with Crippen LogP contribution in [0.15, 0.2) is 0 Å². The lowest BCUT2D eigenvalue weighted by molar-refractivity contribution is 0.568. The molecule has 0 saturated carbocycles. The van der Waals surface area contributed by atoms with E-state index in [1.807, 2.05) is 0 Å². The van der Waals surface area contributed by atoms with Crippen LogP contribution in [0, 0.1) is 0 Å². The third-order valence-electron chi connectivity index (χ3n) is 1.76. The minimum atomic E-state index is 0.628. The Morgan fingerprint density at radius 1 is 1.33 bits per heavy atom. The third-order valence-corrected chi connectivity index (χ3v) is 2.12. The lowest BCUT2D eigenvalue weighted by atomic mass is 10.1. The smallest absolute Gasteiger partial charge is 0.0182 e. The van der Waals surface area contributed by atoms with Gasteiger partial charge in [0.1, 0.15) is 0 Å². The fourth-order valence-electron chi connectivity index (χ4n) is 1.15. The highest BCUT2D eigenvalue weighted by Gasteiger charge is 2.08. The fraction of sp³-hybridized carbons (Fsp3) is 1.00. The average molecular weight is 146 g/mol. The molecule has 1 unspecified atom stereocenters. The average Bonchev–Trinajstić information content (AvgIpc) is 2.13. The van der Waals surface area contributed by atoms with Crippen LogP contribution in [0.5, 0.6) is 0 Å². The summed E-state index contributed by atoms with van der Waals surface area (Å²) in [5, 5.41) is 3.34. The van der Waals surface area contributed by atoms with E-state index in [2.05, 4.69) is 22.9 Å². The van der Waals surface area contributed by atoms with Crippen LogP contribution in [0.2, 0.25) is 0 Å². The standard InChI is InChI=1S/C6H14N2S/c9-8-6-2-1-4-7-5-3-6/h6-9H,1-5H2. The maximum absolute atomic E-state index is 4.03. The second-order valence-electron chi connectivity index (χ2n) is 2.51. The van der Waals surface area contributed by atoms with Crippen LogP contribution in [0.4, 0.5) is 0 Å². The van der Waals surface area contributed by atoms with Crippen molar-refractivity contribution in [1.82, 2.24) is 10.0 Å². The predicted molar refractivity (Wildman–Crippen MR) is 42.6 cm³/mol. The molecule has 0 spiro atoms. The van der Waals surface area contributed by atoms with Gasteiger partial charge in [0.2, 0.25) is 0 Å². The molecule has 1 rings (SSSR count). The summed E-state index contributed by atoms with van der Waals surface area (Å²) in [5.41, 5.74) is 0. The van der Waals surface area contributed by atoms with E-state index in [0.717, 1.165) is 6.54 Å². The molecular formula is C6H14N2S. The van der Waals surface area contributed by atoms with Crippen molar-refractivity contribution in [3.8, 4) is 0 Å². The lowest BCUT2D eigenvalue weighted by Crippen LogP contribution is -2.22. The second-order valence-corrected chi connectivity index (χ2v) is 2.77. The quantitative estimate of drug-likeness (QED) is 0.471. The van der Waals surface area contributed by atoms with Crippen molar-refractivity contribution >= 4 is 12.8 Å². The van der Waals surface area contributed by atoms with E-state index in [-0.39, 0.29) is 0 Å². The zero-order valence-corrected chi connectivity index (χ0v) is 6.45. The second kappa shape index (κ2) is 4.14. The van der Waals surface area contributed by atoms with Gasteiger partial charge in [0.15, 0.2) is 0 Å². The van der Waals surface area contributed by atoms with Gasteiger partial charge in [-0.05, 0) is 32.4 Å². The molecule has 2 nitrogen and oxygen atoms in total. The van der Waals surface area contributed by atoms with Crippen LogP contribution in [-0.4, -0.2) is 19.1 Å². The van der Waals surface area contributed by atoms with Crippen molar-refractivity contribution in [2.45, 2.75) is 25.3 Å². The molecule has 9 heavy (non-hydrogen) atoms. The SMILES string of the molecule is SNC1CCCNCC1. The molecule has 0 aromatic heterocycles. The molecule has 3 heteroatoms. The number of thiol groups is 1. The molecule has 0 aliphatic carbocycles. The van der Waals surface area contributed by atoms with Gasteiger partial charge in [0.25, 0.3) is 0 Å². The van der Waals surface area contributed by atoms with Gasteiger partial charge < -0.3 is 5.32 Å². The molecule has 0 aromatic rings. The van der Waals surface area contributed by atoms with Gasteiger partial charge in [-0.15, -0.1) is 0 Å². The van der Waals surface area contributed by atoms with Crippen LogP contribution in [-0.2, 0) is 0 Å². The maximum atomic E-state index is 4.03. The first-order valence-corrected chi connectivity index (χ1v) is 3.98. The zero-order chi connectivity index (χ0) is 6.53. The van der Waals surface area contributed by atoms with Crippen molar-refractivity contribution < 1.29 is 0 Å². The molecular weight excluding hydrogens is 132 g/mol. The van der Waals surface area contributed by atoms with E-state index in [1.165, 1.54) is 25.8 Å². The molecule has 54 valence electrons. The molecule has 1 aliphatic rings. The van der Waals surface area contributed by atoms with E-state index in [1.54, 1.807) is 0 Å². The van der Waals surface area contributed by atoms with Crippen molar-refractivity contribution in [2.75, 3.05) is 13.1 Å². The Kier molecular flexibility index (Phi) is 3.40. The van der Waals surface area contributed by atoms with Gasteiger partial charge in [0, 0.05) is 6.04 Å². The van der Waals surface area contributed by atoms with E-state index < -0.39 is 0 Å². The molecule has 1 aliphatic heterocycles. The first-order chi connectivity index (χ1) is 4.43. The Balaban J connectivity index is 2.18. The monoisotopic (exact) mass is 146 g/mol. The van der Waals surface area contributed by atoms with E-state index in [9.17, 15) is 0 Å². The summed E-state index contributed by atoms with van der Waals surface area (Å²) in [7, 11) is 0. The number of rotatable bonds is 1. The van der Waals surface area contributed by atoms with Crippen LogP contribution in [0.3, 0.4) is 0 Å². The highest BCUT2D eigenvalue weighted by Crippen LogP contribution is 2.04. The van der Waals surface area contributed by atoms with Gasteiger partial charge in [-0.25, -0.2) is 0 Å². The molecule has 1 heterocycles. The lowest BCUT2D eigenvalue weighted by Gasteiger charge is -2.09. The highest BCUT2D eigenvalue weighted by atomic mass is 32.1. The third kappa shape index (κ3) is 2.56. The summed E-state index contributed by atoms with van der Waals surface area (Å²) < 4.78 is 3.00. The van der Waals surface area contributed by atoms with Gasteiger partial charge in [-0.3, -0.25) is 4.72 Å². The van der Waals surface area contributed by atoms with Gasteiger partial charge in [-0.1, -0.05) is 12.8 Å². The summed E-state index contributed by atoms with van der Waals surface area (Å²) in [4.78, 5) is 0. The largest absolute Gasteiger partial charge is 0.317 e. The molecule has 0 radical (unpaired) electrons. The minimum absolute atomic E-state index is 0.628. The summed E-state index contributed by atoms with van der Waals surface area (Å²) in [6, 6.07) is 0.628. The van der Waals surface area contributed by atoms with Crippen molar-refractivity contribution in [3.05, 3.63) is 0 Å². The molecule has 0 amide bonds. The van der Waals surface area contributed by atoms with Gasteiger partial charge in [0.05, 0.1) is 0 Å². The van der Waals surface area contributed by atoms with E-state index >= 15 is 0 Å². The van der Waals surface area contributed by atoms with Gasteiger partial charge in [-0.2, -0.15) is 0 Å². The molecule has 1 atom stereocenters. The first-order valence-electron chi connectivity index (χ1n) is 3.54. The van der Waals surface area contributed by atoms with Gasteiger partial charge >= 0.3 is 0 Å². The topological polar surface area (TPSA) is 24.1 Å². The Bertz CT molecular complexity index is 69.5. The Morgan fingerprint density at radius 3 is 3.00 bits per heavy atom. The molecule has 1 saturated heterocycles. The summed E-state index contributed by atoms with van der Waals surface area (Å²) in [5.74, 6) is 0. The van der Waals surface area contributed by atoms with Crippen molar-refractivity contribution in [2.24, 2.45) is 0 Å². The summed E-state index contributed by atoms with van der Waals surface area (Å²) in [6.07, 6.45) is 3.75. The maximum Gasteiger partial charge on any atom is 0.0182 e. The van der Waals surface area contributed by atoms with Crippen molar-refractivity contribution in [3.63, 3.8) is 0 Å². The normalized spacial score (nSPS) is 29.7. The van der Waals surface area contributed by atoms with Crippen molar-refractivity contribution in [1.29, 1.82) is 0 Å². The Morgan fingerprint density at radius 2 is 2.22 bits per heavy atom. The molecule has 0 bridgehead atoms. The highest BCUT2D eigenvalue weighted by molar-refractivity contribution is 7.78. The van der Waals surface area contributed by atoms with Crippen LogP contribution in [0.25, 0.3) is 0 Å². The van der Waals surface area contributed by atoms with Crippen LogP contribution in [0.1, 0.15) is 19.3 Å². The first kappa shape index (κ1) is 7.38. The molecule has 2 N–H and O–H groups in total. The molecule has 1 fully saturated rings. The number of nitrogens with one attached hydrogen (secondary N) is 2. The van der Waals surface area contributed by atoms with E-state index in [0.29, 0.717) is 6.04 Å². The minimum Gasteiger partial charge on any atom is -0.317 e. The van der Waals surface area contributed by atoms with Crippen LogP contribution < -0.4 is 10.0 Å². The van der Waals surface area contributed by atoms with Crippen LogP contribution >= 0.6 is 12.8 Å². The summed E-state index contributed by atoms with van der Waals surface area (Å²) >= 11 is 4.03. The zero-order valence-electron chi connectivity index (χ0n) is 5.56.